The fourth-order valence-electron chi connectivity index (χ4n) is 2.89. The van der Waals surface area contributed by atoms with E-state index >= 15 is 0 Å². The van der Waals surface area contributed by atoms with Crippen molar-refractivity contribution in [3.63, 3.8) is 0 Å². The molecule has 0 radical (unpaired) electrons. The van der Waals surface area contributed by atoms with E-state index in [0.29, 0.717) is 45.1 Å². The fourth-order valence-corrected chi connectivity index (χ4v) is 2.89. The molecule has 2 rings (SSSR count). The predicted octanol–water partition coefficient (Wildman–Crippen LogP) is 2.05. The van der Waals surface area contributed by atoms with E-state index in [1.807, 2.05) is 6.92 Å². The van der Waals surface area contributed by atoms with Gasteiger partial charge in [-0.05, 0) is 19.8 Å². The van der Waals surface area contributed by atoms with Gasteiger partial charge in [0.1, 0.15) is 0 Å². The van der Waals surface area contributed by atoms with Gasteiger partial charge in [-0.25, -0.2) is 0 Å². The van der Waals surface area contributed by atoms with Crippen LogP contribution in [0.2, 0.25) is 0 Å². The Kier molecular flexibility index (Phi) is 4.61. The molecular weight excluding hydrogens is 270 g/mol. The van der Waals surface area contributed by atoms with Gasteiger partial charge >= 0.3 is 5.97 Å². The predicted molar refractivity (Wildman–Crippen MR) is 76.4 cm³/mol. The van der Waals surface area contributed by atoms with Crippen LogP contribution in [0.1, 0.15) is 45.4 Å². The van der Waals surface area contributed by atoms with Crippen molar-refractivity contribution in [2.45, 2.75) is 57.2 Å². The summed E-state index contributed by atoms with van der Waals surface area (Å²) < 4.78 is 0. The van der Waals surface area contributed by atoms with Gasteiger partial charge in [-0.3, -0.25) is 9.59 Å². The minimum absolute atomic E-state index is 0.0258. The minimum atomic E-state index is -0.766. The van der Waals surface area contributed by atoms with Crippen LogP contribution in [0.5, 0.6) is 0 Å². The summed E-state index contributed by atoms with van der Waals surface area (Å²) in [5.41, 5.74) is -0.426. The van der Waals surface area contributed by atoms with Crippen LogP contribution in [0.25, 0.3) is 0 Å². The molecule has 0 spiro atoms. The third kappa shape index (κ3) is 3.81. The Balaban J connectivity index is 1.79. The highest BCUT2D eigenvalue weighted by Gasteiger charge is 2.40. The number of hydrogen-bond donors (Lipinski definition) is 1. The molecule has 0 aliphatic carbocycles. The van der Waals surface area contributed by atoms with Crippen LogP contribution in [0.4, 0.5) is 0 Å². The van der Waals surface area contributed by atoms with Gasteiger partial charge in [0.2, 0.25) is 5.91 Å². The number of amides is 1. The van der Waals surface area contributed by atoms with E-state index in [0.717, 1.165) is 0 Å². The van der Waals surface area contributed by atoms with Gasteiger partial charge < -0.3 is 10.0 Å². The van der Waals surface area contributed by atoms with Gasteiger partial charge in [-0.15, -0.1) is 12.3 Å². The molecule has 0 aromatic carbocycles. The molecule has 0 aromatic rings. The monoisotopic (exact) mass is 291 g/mol. The second-order valence-electron chi connectivity index (χ2n) is 5.88. The molecule has 2 aliphatic rings. The molecule has 114 valence electrons. The van der Waals surface area contributed by atoms with Crippen LogP contribution in [0.3, 0.4) is 0 Å². The van der Waals surface area contributed by atoms with E-state index in [1.165, 1.54) is 0 Å². The highest BCUT2D eigenvalue weighted by molar-refractivity contribution is 5.77. The number of terminal acetylenes is 1. The summed E-state index contributed by atoms with van der Waals surface area (Å²) in [7, 11) is 0. The van der Waals surface area contributed by atoms with E-state index < -0.39 is 11.6 Å². The zero-order valence-electron chi connectivity index (χ0n) is 12.3. The van der Waals surface area contributed by atoms with Crippen LogP contribution in [0, 0.1) is 18.3 Å². The lowest BCUT2D eigenvalue weighted by Crippen LogP contribution is -2.46. The molecule has 0 bridgehead atoms. The number of rotatable bonds is 6. The molecule has 1 N–H and O–H groups in total. The van der Waals surface area contributed by atoms with Gasteiger partial charge in [0.25, 0.3) is 0 Å². The maximum atomic E-state index is 12.3. The van der Waals surface area contributed by atoms with E-state index in [9.17, 15) is 9.59 Å². The number of hydrogen-bond acceptors (Lipinski definition) is 4. The van der Waals surface area contributed by atoms with Crippen molar-refractivity contribution in [3.8, 4) is 12.3 Å². The average Bonchev–Trinajstić information content (AvgIpc) is 3.23. The van der Waals surface area contributed by atoms with Crippen LogP contribution < -0.4 is 0 Å². The number of carboxylic acids is 1. The second kappa shape index (κ2) is 6.25. The van der Waals surface area contributed by atoms with Gasteiger partial charge in [0.15, 0.2) is 5.66 Å². The average molecular weight is 291 g/mol. The third-order valence-corrected chi connectivity index (χ3v) is 4.34. The minimum Gasteiger partial charge on any atom is -0.481 e. The molecule has 1 amide bonds. The summed E-state index contributed by atoms with van der Waals surface area (Å²) in [5, 5.41) is 17.1. The van der Waals surface area contributed by atoms with Crippen molar-refractivity contribution < 1.29 is 14.7 Å². The molecule has 2 aliphatic heterocycles. The van der Waals surface area contributed by atoms with Crippen LogP contribution in [0.15, 0.2) is 10.2 Å². The number of likely N-dealkylation sites (tertiary alicyclic amines) is 1. The van der Waals surface area contributed by atoms with Crippen molar-refractivity contribution in [3.05, 3.63) is 0 Å². The molecular formula is C15H21N3O3. The quantitative estimate of drug-likeness (QED) is 0.760. The van der Waals surface area contributed by atoms with Crippen molar-refractivity contribution in [2.75, 3.05) is 6.54 Å². The van der Waals surface area contributed by atoms with Crippen molar-refractivity contribution >= 4 is 11.9 Å². The molecule has 2 atom stereocenters. The smallest absolute Gasteiger partial charge is 0.306 e. The first kappa shape index (κ1) is 15.5. The normalized spacial score (nSPS) is 26.2. The number of piperidine rings is 1. The summed E-state index contributed by atoms with van der Waals surface area (Å²) >= 11 is 0. The summed E-state index contributed by atoms with van der Waals surface area (Å²) in [6.45, 7) is 2.43. The van der Waals surface area contributed by atoms with Crippen molar-refractivity contribution in [1.29, 1.82) is 0 Å². The lowest BCUT2D eigenvalue weighted by atomic mass is 9.91. The summed E-state index contributed by atoms with van der Waals surface area (Å²) in [5.74, 6) is 1.53. The molecule has 6 nitrogen and oxygen atoms in total. The van der Waals surface area contributed by atoms with E-state index in [1.54, 1.807) is 4.90 Å². The number of carbonyl (C=O) groups excluding carboxylic acids is 1. The topological polar surface area (TPSA) is 82.3 Å². The van der Waals surface area contributed by atoms with Crippen LogP contribution >= 0.6 is 0 Å². The Morgan fingerprint density at radius 1 is 1.43 bits per heavy atom. The van der Waals surface area contributed by atoms with E-state index in [4.69, 9.17) is 11.5 Å². The standard InChI is InChI=1S/C15H21N3O3/c1-3-4-7-15(16-17-15)8-5-13(19)18-9-6-12(14(20)21)10-11(18)2/h1,11-12H,4-10H2,2H3,(H,20,21)/t11-,12-/m1/s1. The highest BCUT2D eigenvalue weighted by Crippen LogP contribution is 2.38. The Morgan fingerprint density at radius 3 is 2.67 bits per heavy atom. The zero-order chi connectivity index (χ0) is 15.5. The van der Waals surface area contributed by atoms with Gasteiger partial charge in [-0.1, -0.05) is 0 Å². The molecule has 21 heavy (non-hydrogen) atoms. The highest BCUT2D eigenvalue weighted by atomic mass is 16.4. The Hall–Kier alpha value is -1.90. The molecule has 1 saturated heterocycles. The SMILES string of the molecule is C#CCCC1(CCC(=O)N2CC[C@@H](C(=O)O)C[C@H]2C)N=N1. The number of aliphatic carboxylic acids is 1. The first-order valence-electron chi connectivity index (χ1n) is 7.37. The maximum absolute atomic E-state index is 12.3. The van der Waals surface area contributed by atoms with Gasteiger partial charge in [-0.2, -0.15) is 10.2 Å². The number of carboxylic acid groups (broad SMARTS) is 1. The van der Waals surface area contributed by atoms with E-state index in [2.05, 4.69) is 16.1 Å². The first-order valence-corrected chi connectivity index (χ1v) is 7.37. The zero-order valence-corrected chi connectivity index (χ0v) is 12.3. The second-order valence-corrected chi connectivity index (χ2v) is 5.88. The summed E-state index contributed by atoms with van der Waals surface area (Å²) in [4.78, 5) is 25.1. The Morgan fingerprint density at radius 2 is 2.14 bits per heavy atom. The molecule has 1 fully saturated rings. The van der Waals surface area contributed by atoms with Gasteiger partial charge in [0.05, 0.1) is 5.92 Å². The largest absolute Gasteiger partial charge is 0.481 e. The van der Waals surface area contributed by atoms with Crippen molar-refractivity contribution in [1.82, 2.24) is 4.90 Å². The lowest BCUT2D eigenvalue weighted by Gasteiger charge is -2.36. The molecule has 6 heteroatoms. The molecule has 0 unspecified atom stereocenters. The lowest BCUT2D eigenvalue weighted by molar-refractivity contribution is -0.147. The molecule has 0 saturated carbocycles. The molecule has 0 aromatic heterocycles. The Bertz CT molecular complexity index is 489. The number of nitrogens with zero attached hydrogens (tertiary/aromatic N) is 3. The van der Waals surface area contributed by atoms with Crippen LogP contribution in [-0.2, 0) is 9.59 Å². The summed E-state index contributed by atoms with van der Waals surface area (Å²) in [6, 6.07) is -0.0258. The third-order valence-electron chi connectivity index (χ3n) is 4.34. The fraction of sp³-hybridized carbons (Fsp3) is 0.733. The molecule has 2 heterocycles. The number of carbonyl (C=O) groups is 2. The summed E-state index contributed by atoms with van der Waals surface area (Å²) in [6.07, 6.45) is 8.59. The first-order chi connectivity index (χ1) is 9.97. The van der Waals surface area contributed by atoms with E-state index in [-0.39, 0.29) is 17.9 Å². The van der Waals surface area contributed by atoms with Crippen molar-refractivity contribution in [2.24, 2.45) is 16.1 Å². The van der Waals surface area contributed by atoms with Gasteiger partial charge in [0, 0.05) is 38.3 Å². The van der Waals surface area contributed by atoms with Crippen LogP contribution in [-0.4, -0.2) is 40.1 Å². The Labute approximate surface area is 124 Å². The maximum Gasteiger partial charge on any atom is 0.306 e.